The van der Waals surface area contributed by atoms with Crippen molar-refractivity contribution in [3.8, 4) is 11.1 Å². The molecule has 0 aliphatic rings. The van der Waals surface area contributed by atoms with Crippen LogP contribution in [0.2, 0.25) is 5.02 Å². The molecule has 0 spiro atoms. The highest BCUT2D eigenvalue weighted by Crippen LogP contribution is 2.33. The summed E-state index contributed by atoms with van der Waals surface area (Å²) in [5, 5.41) is 4.07. The number of rotatable bonds is 4. The first-order valence-corrected chi connectivity index (χ1v) is 7.13. The molecule has 0 bridgehead atoms. The Hall–Kier alpha value is -0.830. The fourth-order valence-electron chi connectivity index (χ4n) is 1.80. The standard InChI is InChI=1S/C15H15BrClN/c1-2-18-10-11-6-8-12(9-7-11)13-4-3-5-14(16)15(13)17/h3-9,18H,2,10H2,1H3. The maximum absolute atomic E-state index is 6.29. The van der Waals surface area contributed by atoms with E-state index < -0.39 is 0 Å². The molecular formula is C15H15BrClN. The minimum atomic E-state index is 0.761. The van der Waals surface area contributed by atoms with Crippen LogP contribution in [0, 0.1) is 0 Å². The number of hydrogen-bond acceptors (Lipinski definition) is 1. The Morgan fingerprint density at radius 1 is 1.11 bits per heavy atom. The van der Waals surface area contributed by atoms with E-state index in [9.17, 15) is 0 Å². The zero-order valence-corrected chi connectivity index (χ0v) is 12.6. The first kappa shape index (κ1) is 13.6. The minimum absolute atomic E-state index is 0.761. The van der Waals surface area contributed by atoms with Crippen molar-refractivity contribution < 1.29 is 0 Å². The van der Waals surface area contributed by atoms with Gasteiger partial charge in [0.05, 0.1) is 5.02 Å². The fraction of sp³-hybridized carbons (Fsp3) is 0.200. The van der Waals surface area contributed by atoms with Gasteiger partial charge in [0.2, 0.25) is 0 Å². The highest BCUT2D eigenvalue weighted by molar-refractivity contribution is 9.10. The van der Waals surface area contributed by atoms with Crippen LogP contribution in [0.25, 0.3) is 11.1 Å². The molecule has 2 rings (SSSR count). The zero-order valence-electron chi connectivity index (χ0n) is 10.2. The monoisotopic (exact) mass is 323 g/mol. The summed E-state index contributed by atoms with van der Waals surface area (Å²) in [6.07, 6.45) is 0. The van der Waals surface area contributed by atoms with Gasteiger partial charge in [-0.2, -0.15) is 0 Å². The highest BCUT2D eigenvalue weighted by atomic mass is 79.9. The van der Waals surface area contributed by atoms with Gasteiger partial charge in [-0.3, -0.25) is 0 Å². The molecule has 0 saturated carbocycles. The summed E-state index contributed by atoms with van der Waals surface area (Å²) in [6.45, 7) is 4.00. The third-order valence-electron chi connectivity index (χ3n) is 2.80. The van der Waals surface area contributed by atoms with E-state index in [0.717, 1.165) is 33.7 Å². The number of nitrogens with one attached hydrogen (secondary N) is 1. The second kappa shape index (κ2) is 6.37. The fourth-order valence-corrected chi connectivity index (χ4v) is 2.40. The Balaban J connectivity index is 2.26. The smallest absolute Gasteiger partial charge is 0.0626 e. The molecule has 1 N–H and O–H groups in total. The molecule has 0 fully saturated rings. The summed E-state index contributed by atoms with van der Waals surface area (Å²) in [5.74, 6) is 0. The number of hydrogen-bond donors (Lipinski definition) is 1. The van der Waals surface area contributed by atoms with Crippen molar-refractivity contribution in [1.82, 2.24) is 5.32 Å². The van der Waals surface area contributed by atoms with Gasteiger partial charge in [0.1, 0.15) is 0 Å². The van der Waals surface area contributed by atoms with E-state index >= 15 is 0 Å². The second-order valence-corrected chi connectivity index (χ2v) is 5.31. The number of benzene rings is 2. The lowest BCUT2D eigenvalue weighted by atomic mass is 10.0. The largest absolute Gasteiger partial charge is 0.313 e. The third kappa shape index (κ3) is 3.14. The molecule has 1 nitrogen and oxygen atoms in total. The van der Waals surface area contributed by atoms with E-state index in [1.165, 1.54) is 5.56 Å². The van der Waals surface area contributed by atoms with Crippen LogP contribution in [0.4, 0.5) is 0 Å². The molecule has 2 aromatic rings. The van der Waals surface area contributed by atoms with Crippen LogP contribution in [0.5, 0.6) is 0 Å². The third-order valence-corrected chi connectivity index (χ3v) is 4.09. The molecule has 0 unspecified atom stereocenters. The average Bonchev–Trinajstić information content (AvgIpc) is 2.40. The SMILES string of the molecule is CCNCc1ccc(-c2cccc(Br)c2Cl)cc1. The lowest BCUT2D eigenvalue weighted by Crippen LogP contribution is -2.11. The Bertz CT molecular complexity index is 523. The summed E-state index contributed by atoms with van der Waals surface area (Å²) >= 11 is 9.74. The van der Waals surface area contributed by atoms with Gasteiger partial charge in [-0.25, -0.2) is 0 Å². The van der Waals surface area contributed by atoms with Gasteiger partial charge in [-0.1, -0.05) is 54.9 Å². The van der Waals surface area contributed by atoms with Crippen LogP contribution in [-0.2, 0) is 6.54 Å². The average molecular weight is 325 g/mol. The van der Waals surface area contributed by atoms with Crippen molar-refractivity contribution in [3.05, 3.63) is 57.5 Å². The van der Waals surface area contributed by atoms with Crippen molar-refractivity contribution in [2.24, 2.45) is 0 Å². The van der Waals surface area contributed by atoms with Crippen molar-refractivity contribution in [2.45, 2.75) is 13.5 Å². The summed E-state index contributed by atoms with van der Waals surface area (Å²) in [7, 11) is 0. The maximum atomic E-state index is 6.29. The van der Waals surface area contributed by atoms with Crippen LogP contribution in [0.15, 0.2) is 46.9 Å². The van der Waals surface area contributed by atoms with Crippen LogP contribution in [-0.4, -0.2) is 6.54 Å². The summed E-state index contributed by atoms with van der Waals surface area (Å²) in [4.78, 5) is 0. The predicted octanol–water partition coefficient (Wildman–Crippen LogP) is 4.88. The first-order chi connectivity index (χ1) is 8.72. The lowest BCUT2D eigenvalue weighted by molar-refractivity contribution is 0.727. The first-order valence-electron chi connectivity index (χ1n) is 5.96. The van der Waals surface area contributed by atoms with E-state index in [4.69, 9.17) is 11.6 Å². The van der Waals surface area contributed by atoms with Crippen LogP contribution in [0.3, 0.4) is 0 Å². The van der Waals surface area contributed by atoms with E-state index in [1.807, 2.05) is 18.2 Å². The van der Waals surface area contributed by atoms with Crippen LogP contribution in [0.1, 0.15) is 12.5 Å². The van der Waals surface area contributed by atoms with E-state index in [2.05, 4.69) is 52.4 Å². The molecule has 0 amide bonds. The van der Waals surface area contributed by atoms with Crippen molar-refractivity contribution >= 4 is 27.5 Å². The van der Waals surface area contributed by atoms with E-state index in [1.54, 1.807) is 0 Å². The topological polar surface area (TPSA) is 12.0 Å². The van der Waals surface area contributed by atoms with Gasteiger partial charge in [0, 0.05) is 16.6 Å². The molecule has 0 aromatic heterocycles. The van der Waals surface area contributed by atoms with Gasteiger partial charge in [-0.05, 0) is 39.7 Å². The Morgan fingerprint density at radius 2 is 1.83 bits per heavy atom. The molecule has 2 aromatic carbocycles. The molecule has 0 radical (unpaired) electrons. The maximum Gasteiger partial charge on any atom is 0.0626 e. The van der Waals surface area contributed by atoms with Crippen molar-refractivity contribution in [1.29, 1.82) is 0 Å². The molecule has 18 heavy (non-hydrogen) atoms. The van der Waals surface area contributed by atoms with Gasteiger partial charge >= 0.3 is 0 Å². The predicted molar refractivity (Wildman–Crippen MR) is 82.0 cm³/mol. The Morgan fingerprint density at radius 3 is 2.50 bits per heavy atom. The lowest BCUT2D eigenvalue weighted by Gasteiger charge is -2.08. The molecule has 94 valence electrons. The van der Waals surface area contributed by atoms with Crippen molar-refractivity contribution in [2.75, 3.05) is 6.54 Å². The van der Waals surface area contributed by atoms with Crippen molar-refractivity contribution in [3.63, 3.8) is 0 Å². The molecular weight excluding hydrogens is 310 g/mol. The Labute approximate surface area is 121 Å². The normalized spacial score (nSPS) is 10.6. The molecule has 0 aliphatic carbocycles. The summed E-state index contributed by atoms with van der Waals surface area (Å²) < 4.78 is 0.929. The minimum Gasteiger partial charge on any atom is -0.313 e. The van der Waals surface area contributed by atoms with Crippen LogP contribution < -0.4 is 5.32 Å². The molecule has 0 heterocycles. The molecule has 0 saturated heterocycles. The van der Waals surface area contributed by atoms with Gasteiger partial charge in [0.15, 0.2) is 0 Å². The quantitative estimate of drug-likeness (QED) is 0.845. The van der Waals surface area contributed by atoms with E-state index in [0.29, 0.717) is 0 Å². The molecule has 3 heteroatoms. The van der Waals surface area contributed by atoms with E-state index in [-0.39, 0.29) is 0 Å². The zero-order chi connectivity index (χ0) is 13.0. The number of halogens is 2. The molecule has 0 aliphatic heterocycles. The molecule has 0 atom stereocenters. The summed E-state index contributed by atoms with van der Waals surface area (Å²) in [5.41, 5.74) is 3.48. The Kier molecular flexibility index (Phi) is 4.81. The summed E-state index contributed by atoms with van der Waals surface area (Å²) in [6, 6.07) is 14.5. The second-order valence-electron chi connectivity index (χ2n) is 4.08. The van der Waals surface area contributed by atoms with Gasteiger partial charge in [0.25, 0.3) is 0 Å². The van der Waals surface area contributed by atoms with Gasteiger partial charge < -0.3 is 5.32 Å². The van der Waals surface area contributed by atoms with Crippen LogP contribution >= 0.6 is 27.5 Å². The highest BCUT2D eigenvalue weighted by Gasteiger charge is 2.06. The van der Waals surface area contributed by atoms with Gasteiger partial charge in [-0.15, -0.1) is 0 Å².